The fraction of sp³-hybridized carbons (Fsp3) is 0.238. The molecule has 0 heterocycles. The fourth-order valence-electron chi connectivity index (χ4n) is 2.28. The maximum atomic E-state index is 12.2. The number of amides is 2. The standard InChI is InChI=1S/C21H25N3O3/c1-15(2)14-27-19-10-6-9-18(12-19)23-20(25)13-22-17-8-5-7-16(11-17)21(26)24(3)4/h5-12,22H,1,13-14H2,2-4H3,(H,23,25). The summed E-state index contributed by atoms with van der Waals surface area (Å²) in [5.74, 6) is 0.379. The van der Waals surface area contributed by atoms with Gasteiger partial charge in [0.2, 0.25) is 5.91 Å². The Morgan fingerprint density at radius 2 is 1.78 bits per heavy atom. The number of hydrogen-bond donors (Lipinski definition) is 2. The zero-order valence-corrected chi connectivity index (χ0v) is 15.9. The molecule has 2 rings (SSSR count). The molecular formula is C21H25N3O3. The Morgan fingerprint density at radius 1 is 1.07 bits per heavy atom. The van der Waals surface area contributed by atoms with Crippen LogP contribution < -0.4 is 15.4 Å². The van der Waals surface area contributed by atoms with Gasteiger partial charge in [0.1, 0.15) is 12.4 Å². The number of carbonyl (C=O) groups excluding carboxylic acids is 2. The second kappa shape index (κ2) is 9.43. The summed E-state index contributed by atoms with van der Waals surface area (Å²) in [5.41, 5.74) is 2.84. The number of ether oxygens (including phenoxy) is 1. The summed E-state index contributed by atoms with van der Waals surface area (Å²) in [6.07, 6.45) is 0. The number of carbonyl (C=O) groups is 2. The van der Waals surface area contributed by atoms with Gasteiger partial charge in [-0.3, -0.25) is 9.59 Å². The largest absolute Gasteiger partial charge is 0.489 e. The van der Waals surface area contributed by atoms with E-state index in [0.717, 1.165) is 5.57 Å². The highest BCUT2D eigenvalue weighted by molar-refractivity contribution is 5.96. The van der Waals surface area contributed by atoms with Gasteiger partial charge in [0.05, 0.1) is 6.54 Å². The summed E-state index contributed by atoms with van der Waals surface area (Å²) in [6, 6.07) is 14.2. The first-order valence-electron chi connectivity index (χ1n) is 8.58. The number of anilines is 2. The van der Waals surface area contributed by atoms with E-state index in [2.05, 4.69) is 17.2 Å². The Bertz CT molecular complexity index is 831. The molecule has 6 heteroatoms. The lowest BCUT2D eigenvalue weighted by molar-refractivity contribution is -0.114. The van der Waals surface area contributed by atoms with Crippen LogP contribution in [0.25, 0.3) is 0 Å². The van der Waals surface area contributed by atoms with E-state index in [1.54, 1.807) is 44.4 Å². The number of nitrogens with zero attached hydrogens (tertiary/aromatic N) is 1. The minimum absolute atomic E-state index is 0.0798. The first kappa shape index (κ1) is 20.0. The quantitative estimate of drug-likeness (QED) is 0.702. The normalized spacial score (nSPS) is 10.0. The van der Waals surface area contributed by atoms with Crippen molar-refractivity contribution in [1.29, 1.82) is 0 Å². The molecule has 2 N–H and O–H groups in total. The summed E-state index contributed by atoms with van der Waals surface area (Å²) in [7, 11) is 3.40. The summed E-state index contributed by atoms with van der Waals surface area (Å²) < 4.78 is 5.57. The fourth-order valence-corrected chi connectivity index (χ4v) is 2.28. The first-order valence-corrected chi connectivity index (χ1v) is 8.58. The van der Waals surface area contributed by atoms with E-state index >= 15 is 0 Å². The van der Waals surface area contributed by atoms with E-state index in [9.17, 15) is 9.59 Å². The predicted molar refractivity (Wildman–Crippen MR) is 108 cm³/mol. The second-order valence-electron chi connectivity index (χ2n) is 6.46. The van der Waals surface area contributed by atoms with Gasteiger partial charge in [-0.25, -0.2) is 0 Å². The molecule has 0 aliphatic heterocycles. The lowest BCUT2D eigenvalue weighted by Gasteiger charge is -2.12. The van der Waals surface area contributed by atoms with Gasteiger partial charge in [-0.15, -0.1) is 0 Å². The van der Waals surface area contributed by atoms with Crippen LogP contribution in [0, 0.1) is 0 Å². The van der Waals surface area contributed by atoms with Gasteiger partial charge in [0, 0.05) is 37.1 Å². The van der Waals surface area contributed by atoms with E-state index in [-0.39, 0.29) is 18.4 Å². The number of hydrogen-bond acceptors (Lipinski definition) is 4. The zero-order chi connectivity index (χ0) is 19.8. The van der Waals surface area contributed by atoms with Gasteiger partial charge in [0.15, 0.2) is 0 Å². The highest BCUT2D eigenvalue weighted by Gasteiger charge is 2.09. The Morgan fingerprint density at radius 3 is 2.48 bits per heavy atom. The molecule has 2 aromatic carbocycles. The van der Waals surface area contributed by atoms with Gasteiger partial charge < -0.3 is 20.3 Å². The third-order valence-corrected chi connectivity index (χ3v) is 3.57. The molecule has 2 aromatic rings. The van der Waals surface area contributed by atoms with Crippen molar-refractivity contribution in [2.24, 2.45) is 0 Å². The molecule has 0 aromatic heterocycles. The molecule has 0 saturated carbocycles. The summed E-state index contributed by atoms with van der Waals surface area (Å²) in [5, 5.41) is 5.84. The van der Waals surface area contributed by atoms with Crippen LogP contribution in [0.5, 0.6) is 5.75 Å². The van der Waals surface area contributed by atoms with E-state index < -0.39 is 0 Å². The molecule has 0 bridgehead atoms. The van der Waals surface area contributed by atoms with Crippen molar-refractivity contribution >= 4 is 23.2 Å². The number of nitrogens with one attached hydrogen (secondary N) is 2. The average Bonchev–Trinajstić information content (AvgIpc) is 2.64. The molecule has 0 aliphatic carbocycles. The molecule has 0 unspecified atom stereocenters. The molecule has 0 aliphatic rings. The molecule has 0 atom stereocenters. The van der Waals surface area contributed by atoms with Gasteiger partial charge >= 0.3 is 0 Å². The van der Waals surface area contributed by atoms with Crippen molar-refractivity contribution in [3.63, 3.8) is 0 Å². The Labute approximate surface area is 159 Å². The van der Waals surface area contributed by atoms with Crippen molar-refractivity contribution < 1.29 is 14.3 Å². The first-order chi connectivity index (χ1) is 12.8. The number of benzene rings is 2. The Balaban J connectivity index is 1.91. The van der Waals surface area contributed by atoms with Crippen LogP contribution in [0.2, 0.25) is 0 Å². The van der Waals surface area contributed by atoms with E-state index in [1.165, 1.54) is 4.90 Å². The highest BCUT2D eigenvalue weighted by atomic mass is 16.5. The summed E-state index contributed by atoms with van der Waals surface area (Å²) >= 11 is 0. The van der Waals surface area contributed by atoms with Crippen LogP contribution in [0.3, 0.4) is 0 Å². The lowest BCUT2D eigenvalue weighted by atomic mass is 10.2. The average molecular weight is 367 g/mol. The SMILES string of the molecule is C=C(C)COc1cccc(NC(=O)CNc2cccc(C(=O)N(C)C)c2)c1. The lowest BCUT2D eigenvalue weighted by Crippen LogP contribution is -2.23. The Kier molecular flexibility index (Phi) is 7.00. The topological polar surface area (TPSA) is 70.7 Å². The van der Waals surface area contributed by atoms with Gasteiger partial charge in [-0.1, -0.05) is 18.7 Å². The summed E-state index contributed by atoms with van der Waals surface area (Å²) in [6.45, 7) is 6.19. The second-order valence-corrected chi connectivity index (χ2v) is 6.46. The molecule has 0 radical (unpaired) electrons. The minimum atomic E-state index is -0.198. The number of rotatable bonds is 8. The molecule has 0 fully saturated rings. The van der Waals surface area contributed by atoms with Crippen molar-refractivity contribution in [2.75, 3.05) is 37.9 Å². The highest BCUT2D eigenvalue weighted by Crippen LogP contribution is 2.18. The van der Waals surface area contributed by atoms with Crippen LogP contribution >= 0.6 is 0 Å². The molecule has 6 nitrogen and oxygen atoms in total. The van der Waals surface area contributed by atoms with Crippen LogP contribution in [-0.4, -0.2) is 44.0 Å². The monoisotopic (exact) mass is 367 g/mol. The smallest absolute Gasteiger partial charge is 0.253 e. The zero-order valence-electron chi connectivity index (χ0n) is 15.9. The molecule has 27 heavy (non-hydrogen) atoms. The van der Waals surface area contributed by atoms with E-state index in [1.807, 2.05) is 25.1 Å². The van der Waals surface area contributed by atoms with Gasteiger partial charge in [-0.2, -0.15) is 0 Å². The van der Waals surface area contributed by atoms with Crippen LogP contribution in [0.15, 0.2) is 60.7 Å². The third kappa shape index (κ3) is 6.51. The summed E-state index contributed by atoms with van der Waals surface area (Å²) in [4.78, 5) is 25.7. The van der Waals surface area contributed by atoms with Crippen molar-refractivity contribution in [3.05, 3.63) is 66.2 Å². The maximum Gasteiger partial charge on any atom is 0.253 e. The van der Waals surface area contributed by atoms with Crippen LogP contribution in [0.1, 0.15) is 17.3 Å². The molecule has 0 spiro atoms. The Hall–Kier alpha value is -3.28. The van der Waals surface area contributed by atoms with Gasteiger partial charge in [-0.05, 0) is 42.8 Å². The molecule has 2 amide bonds. The molecule has 142 valence electrons. The minimum Gasteiger partial charge on any atom is -0.489 e. The maximum absolute atomic E-state index is 12.2. The van der Waals surface area contributed by atoms with Crippen LogP contribution in [-0.2, 0) is 4.79 Å². The molecular weight excluding hydrogens is 342 g/mol. The third-order valence-electron chi connectivity index (χ3n) is 3.57. The van der Waals surface area contributed by atoms with Crippen molar-refractivity contribution in [3.8, 4) is 5.75 Å². The molecule has 0 saturated heterocycles. The predicted octanol–water partition coefficient (Wildman–Crippen LogP) is 3.39. The van der Waals surface area contributed by atoms with E-state index in [0.29, 0.717) is 29.3 Å². The van der Waals surface area contributed by atoms with Crippen molar-refractivity contribution in [2.45, 2.75) is 6.92 Å². The van der Waals surface area contributed by atoms with E-state index in [4.69, 9.17) is 4.74 Å². The van der Waals surface area contributed by atoms with Crippen LogP contribution in [0.4, 0.5) is 11.4 Å². The van der Waals surface area contributed by atoms with Crippen molar-refractivity contribution in [1.82, 2.24) is 4.90 Å². The van der Waals surface area contributed by atoms with Gasteiger partial charge in [0.25, 0.3) is 5.91 Å².